The first kappa shape index (κ1) is 12.9. The van der Waals surface area contributed by atoms with Crippen LogP contribution in [-0.4, -0.2) is 48.7 Å². The van der Waals surface area contributed by atoms with Gasteiger partial charge in [-0.3, -0.25) is 9.69 Å². The van der Waals surface area contributed by atoms with Crippen molar-refractivity contribution >= 4 is 11.7 Å². The van der Waals surface area contributed by atoms with E-state index in [1.54, 1.807) is 0 Å². The van der Waals surface area contributed by atoms with Gasteiger partial charge in [-0.15, -0.1) is 0 Å². The van der Waals surface area contributed by atoms with Crippen LogP contribution in [0.1, 0.15) is 11.1 Å². The molecule has 1 saturated heterocycles. The lowest BCUT2D eigenvalue weighted by Gasteiger charge is -2.36. The zero-order chi connectivity index (χ0) is 13.1. The molecule has 0 aliphatic carbocycles. The topological polar surface area (TPSA) is 43.8 Å². The molecule has 0 aromatic heterocycles. The Kier molecular flexibility index (Phi) is 3.87. The fourth-order valence-corrected chi connectivity index (χ4v) is 2.40. The van der Waals surface area contributed by atoms with Gasteiger partial charge in [0.25, 0.3) is 0 Å². The number of nitrogens with zero attached hydrogens (tertiary/aromatic N) is 2. The molecular formula is C14H20N2O2. The number of aliphatic carboxylic acids is 1. The quantitative estimate of drug-likeness (QED) is 0.880. The van der Waals surface area contributed by atoms with Crippen molar-refractivity contribution in [3.05, 3.63) is 29.3 Å². The van der Waals surface area contributed by atoms with Crippen molar-refractivity contribution in [2.24, 2.45) is 0 Å². The molecular weight excluding hydrogens is 228 g/mol. The second kappa shape index (κ2) is 5.40. The molecule has 0 amide bonds. The third kappa shape index (κ3) is 3.01. The zero-order valence-electron chi connectivity index (χ0n) is 11.0. The number of benzene rings is 1. The molecule has 18 heavy (non-hydrogen) atoms. The summed E-state index contributed by atoms with van der Waals surface area (Å²) in [5.41, 5.74) is 3.83. The number of anilines is 1. The zero-order valence-corrected chi connectivity index (χ0v) is 11.0. The highest BCUT2D eigenvalue weighted by molar-refractivity contribution is 5.69. The lowest BCUT2D eigenvalue weighted by Crippen LogP contribution is -2.48. The van der Waals surface area contributed by atoms with Gasteiger partial charge in [-0.25, -0.2) is 0 Å². The van der Waals surface area contributed by atoms with Crippen LogP contribution in [0.15, 0.2) is 18.2 Å². The molecule has 2 rings (SSSR count). The number of hydrogen-bond acceptors (Lipinski definition) is 3. The lowest BCUT2D eigenvalue weighted by atomic mass is 10.1. The van der Waals surface area contributed by atoms with Gasteiger partial charge in [-0.2, -0.15) is 0 Å². The molecule has 98 valence electrons. The Balaban J connectivity index is 2.01. The third-order valence-corrected chi connectivity index (χ3v) is 3.44. The number of hydrogen-bond donors (Lipinski definition) is 1. The van der Waals surface area contributed by atoms with Gasteiger partial charge in [0.1, 0.15) is 0 Å². The lowest BCUT2D eigenvalue weighted by molar-refractivity contribution is -0.138. The SMILES string of the molecule is Cc1ccc(C)c(N2CCN(CC(=O)O)CC2)c1. The highest BCUT2D eigenvalue weighted by Gasteiger charge is 2.19. The van der Waals surface area contributed by atoms with Gasteiger partial charge in [-0.1, -0.05) is 12.1 Å². The molecule has 1 N–H and O–H groups in total. The Labute approximate surface area is 108 Å². The van der Waals surface area contributed by atoms with E-state index in [1.165, 1.54) is 16.8 Å². The second-order valence-electron chi connectivity index (χ2n) is 4.95. The van der Waals surface area contributed by atoms with Crippen molar-refractivity contribution in [1.29, 1.82) is 0 Å². The maximum Gasteiger partial charge on any atom is 0.317 e. The molecule has 0 bridgehead atoms. The van der Waals surface area contributed by atoms with Crippen LogP contribution in [-0.2, 0) is 4.79 Å². The summed E-state index contributed by atoms with van der Waals surface area (Å²) in [5, 5.41) is 8.77. The summed E-state index contributed by atoms with van der Waals surface area (Å²) in [5.74, 6) is -0.741. The first-order valence-electron chi connectivity index (χ1n) is 6.32. The van der Waals surface area contributed by atoms with Gasteiger partial charge in [0.15, 0.2) is 0 Å². The summed E-state index contributed by atoms with van der Waals surface area (Å²) < 4.78 is 0. The smallest absolute Gasteiger partial charge is 0.317 e. The van der Waals surface area contributed by atoms with Crippen molar-refractivity contribution in [2.45, 2.75) is 13.8 Å². The van der Waals surface area contributed by atoms with E-state index in [0.29, 0.717) is 0 Å². The summed E-state index contributed by atoms with van der Waals surface area (Å²) >= 11 is 0. The van der Waals surface area contributed by atoms with Crippen molar-refractivity contribution in [1.82, 2.24) is 4.90 Å². The number of carbonyl (C=O) groups is 1. The van der Waals surface area contributed by atoms with E-state index in [0.717, 1.165) is 26.2 Å². The van der Waals surface area contributed by atoms with Crippen molar-refractivity contribution in [3.8, 4) is 0 Å². The van der Waals surface area contributed by atoms with E-state index in [9.17, 15) is 4.79 Å². The van der Waals surface area contributed by atoms with Crippen LogP contribution in [0.2, 0.25) is 0 Å². The van der Waals surface area contributed by atoms with Gasteiger partial charge in [0.05, 0.1) is 6.54 Å². The average Bonchev–Trinajstić information content (AvgIpc) is 2.33. The van der Waals surface area contributed by atoms with Crippen molar-refractivity contribution in [2.75, 3.05) is 37.6 Å². The number of carboxylic acids is 1. The van der Waals surface area contributed by atoms with Crippen LogP contribution >= 0.6 is 0 Å². The molecule has 1 aromatic rings. The molecule has 0 unspecified atom stereocenters. The minimum atomic E-state index is -0.741. The summed E-state index contributed by atoms with van der Waals surface area (Å²) in [7, 11) is 0. The van der Waals surface area contributed by atoms with Gasteiger partial charge < -0.3 is 10.0 Å². The van der Waals surface area contributed by atoms with Crippen LogP contribution < -0.4 is 4.90 Å². The molecule has 0 atom stereocenters. The molecule has 4 heteroatoms. The van der Waals surface area contributed by atoms with E-state index < -0.39 is 5.97 Å². The first-order valence-corrected chi connectivity index (χ1v) is 6.32. The predicted octanol–water partition coefficient (Wildman–Crippen LogP) is 1.51. The minimum Gasteiger partial charge on any atom is -0.480 e. The Hall–Kier alpha value is -1.55. The van der Waals surface area contributed by atoms with E-state index >= 15 is 0 Å². The summed E-state index contributed by atoms with van der Waals surface area (Å²) in [4.78, 5) is 15.0. The fourth-order valence-electron chi connectivity index (χ4n) is 2.40. The second-order valence-corrected chi connectivity index (χ2v) is 4.95. The van der Waals surface area contributed by atoms with Crippen LogP contribution in [0.25, 0.3) is 0 Å². The highest BCUT2D eigenvalue weighted by atomic mass is 16.4. The van der Waals surface area contributed by atoms with E-state index in [4.69, 9.17) is 5.11 Å². The normalized spacial score (nSPS) is 16.9. The maximum atomic E-state index is 10.7. The first-order chi connectivity index (χ1) is 8.56. The third-order valence-electron chi connectivity index (χ3n) is 3.44. The molecule has 0 radical (unpaired) electrons. The molecule has 1 heterocycles. The monoisotopic (exact) mass is 248 g/mol. The Morgan fingerprint density at radius 2 is 1.89 bits per heavy atom. The number of rotatable bonds is 3. The molecule has 0 spiro atoms. The molecule has 1 aliphatic heterocycles. The number of aryl methyl sites for hydroxylation is 2. The Bertz CT molecular complexity index is 437. The van der Waals surface area contributed by atoms with E-state index in [1.807, 2.05) is 4.90 Å². The summed E-state index contributed by atoms with van der Waals surface area (Å²) in [6, 6.07) is 6.48. The predicted molar refractivity (Wildman–Crippen MR) is 72.2 cm³/mol. The molecule has 1 fully saturated rings. The highest BCUT2D eigenvalue weighted by Crippen LogP contribution is 2.22. The average molecular weight is 248 g/mol. The van der Waals surface area contributed by atoms with Gasteiger partial charge in [0.2, 0.25) is 0 Å². The van der Waals surface area contributed by atoms with Gasteiger partial charge in [-0.05, 0) is 31.0 Å². The van der Waals surface area contributed by atoms with Crippen LogP contribution in [0.4, 0.5) is 5.69 Å². The van der Waals surface area contributed by atoms with E-state index in [2.05, 4.69) is 36.9 Å². The van der Waals surface area contributed by atoms with E-state index in [-0.39, 0.29) is 6.54 Å². The fraction of sp³-hybridized carbons (Fsp3) is 0.500. The molecule has 1 aliphatic rings. The van der Waals surface area contributed by atoms with Gasteiger partial charge >= 0.3 is 5.97 Å². The van der Waals surface area contributed by atoms with Crippen LogP contribution in [0.3, 0.4) is 0 Å². The number of piperazine rings is 1. The Morgan fingerprint density at radius 1 is 1.22 bits per heavy atom. The summed E-state index contributed by atoms with van der Waals surface area (Å²) in [6.45, 7) is 7.82. The molecule has 1 aromatic carbocycles. The number of carboxylic acid groups (broad SMARTS) is 1. The standard InChI is InChI=1S/C14H20N2O2/c1-11-3-4-12(2)13(9-11)16-7-5-15(6-8-16)10-14(17)18/h3-4,9H,5-8,10H2,1-2H3,(H,17,18). The summed E-state index contributed by atoms with van der Waals surface area (Å²) in [6.07, 6.45) is 0. The molecule has 4 nitrogen and oxygen atoms in total. The van der Waals surface area contributed by atoms with Crippen LogP contribution in [0, 0.1) is 13.8 Å². The minimum absolute atomic E-state index is 0.153. The largest absolute Gasteiger partial charge is 0.480 e. The van der Waals surface area contributed by atoms with Crippen molar-refractivity contribution < 1.29 is 9.90 Å². The Morgan fingerprint density at radius 3 is 2.50 bits per heavy atom. The van der Waals surface area contributed by atoms with Crippen molar-refractivity contribution in [3.63, 3.8) is 0 Å². The van der Waals surface area contributed by atoms with Gasteiger partial charge in [0, 0.05) is 31.9 Å². The maximum absolute atomic E-state index is 10.7. The molecule has 0 saturated carbocycles. The van der Waals surface area contributed by atoms with Crippen LogP contribution in [0.5, 0.6) is 0 Å².